The van der Waals surface area contributed by atoms with Gasteiger partial charge in [-0.1, -0.05) is 48.5 Å². The molecule has 28 heavy (non-hydrogen) atoms. The lowest BCUT2D eigenvalue weighted by molar-refractivity contribution is -0.119. The lowest BCUT2D eigenvalue weighted by Gasteiger charge is -2.16. The van der Waals surface area contributed by atoms with Crippen molar-refractivity contribution >= 4 is 11.6 Å². The normalized spacial score (nSPS) is 16.6. The highest BCUT2D eigenvalue weighted by Crippen LogP contribution is 2.24. The van der Waals surface area contributed by atoms with E-state index in [1.165, 1.54) is 5.56 Å². The van der Waals surface area contributed by atoms with E-state index in [0.717, 1.165) is 43.2 Å². The molecule has 1 fully saturated rings. The summed E-state index contributed by atoms with van der Waals surface area (Å²) in [7, 11) is 0. The number of para-hydroxylation sites is 1. The Bertz CT molecular complexity index is 895. The molecule has 1 unspecified atom stereocenters. The zero-order valence-corrected chi connectivity index (χ0v) is 15.8. The number of amides is 1. The van der Waals surface area contributed by atoms with Crippen molar-refractivity contribution in [3.05, 3.63) is 90.5 Å². The number of hydrogen-bond acceptors (Lipinski definition) is 3. The molecule has 3 aromatic carbocycles. The van der Waals surface area contributed by atoms with Crippen LogP contribution in [0, 0.1) is 5.92 Å². The second kappa shape index (κ2) is 8.72. The van der Waals surface area contributed by atoms with Crippen molar-refractivity contribution in [1.29, 1.82) is 0 Å². The van der Waals surface area contributed by atoms with Crippen molar-refractivity contribution in [1.82, 2.24) is 4.90 Å². The van der Waals surface area contributed by atoms with Crippen LogP contribution in [0.4, 0.5) is 5.69 Å². The molecule has 142 valence electrons. The van der Waals surface area contributed by atoms with Crippen LogP contribution < -0.4 is 10.1 Å². The minimum absolute atomic E-state index is 0.0314. The lowest BCUT2D eigenvalue weighted by atomic mass is 10.1. The first-order chi connectivity index (χ1) is 13.8. The highest BCUT2D eigenvalue weighted by molar-refractivity contribution is 5.92. The fourth-order valence-electron chi connectivity index (χ4n) is 3.51. The van der Waals surface area contributed by atoms with Crippen molar-refractivity contribution < 1.29 is 9.53 Å². The topological polar surface area (TPSA) is 41.6 Å². The van der Waals surface area contributed by atoms with Crippen molar-refractivity contribution in [3.63, 3.8) is 0 Å². The molecule has 0 bridgehead atoms. The molecule has 0 aromatic heterocycles. The van der Waals surface area contributed by atoms with Gasteiger partial charge in [0.2, 0.25) is 5.91 Å². The fourth-order valence-corrected chi connectivity index (χ4v) is 3.51. The Labute approximate surface area is 165 Å². The Balaban J connectivity index is 1.29. The van der Waals surface area contributed by atoms with Gasteiger partial charge in [0.15, 0.2) is 0 Å². The molecule has 0 radical (unpaired) electrons. The first kappa shape index (κ1) is 18.3. The maximum Gasteiger partial charge on any atom is 0.228 e. The van der Waals surface area contributed by atoms with Gasteiger partial charge in [-0.3, -0.25) is 9.69 Å². The third-order valence-corrected chi connectivity index (χ3v) is 4.99. The summed E-state index contributed by atoms with van der Waals surface area (Å²) in [6.07, 6.45) is 0.897. The Hall–Kier alpha value is -3.11. The van der Waals surface area contributed by atoms with E-state index in [4.69, 9.17) is 4.74 Å². The van der Waals surface area contributed by atoms with Gasteiger partial charge in [0, 0.05) is 18.8 Å². The minimum atomic E-state index is 0.0314. The van der Waals surface area contributed by atoms with Gasteiger partial charge in [0.05, 0.1) is 5.92 Å². The summed E-state index contributed by atoms with van der Waals surface area (Å²) < 4.78 is 5.79. The standard InChI is InChI=1S/C24H24N2O2/c27-24(20-15-16-26(18-20)17-19-7-3-1-4-8-19)25-21-11-13-23(14-12-21)28-22-9-5-2-6-10-22/h1-14,20H,15-18H2,(H,25,27). The SMILES string of the molecule is O=C(Nc1ccc(Oc2ccccc2)cc1)C1CCN(Cc2ccccc2)C1. The molecule has 1 aliphatic rings. The number of rotatable bonds is 6. The van der Waals surface area contributed by atoms with Gasteiger partial charge in [0.1, 0.15) is 11.5 Å². The predicted octanol–water partition coefficient (Wildman–Crippen LogP) is 4.94. The summed E-state index contributed by atoms with van der Waals surface area (Å²) in [5.41, 5.74) is 2.09. The number of likely N-dealkylation sites (tertiary alicyclic amines) is 1. The van der Waals surface area contributed by atoms with Crippen LogP contribution in [0.5, 0.6) is 11.5 Å². The van der Waals surface area contributed by atoms with E-state index in [1.54, 1.807) is 0 Å². The predicted molar refractivity (Wildman–Crippen MR) is 111 cm³/mol. The van der Waals surface area contributed by atoms with Gasteiger partial charge < -0.3 is 10.1 Å². The molecule has 1 atom stereocenters. The maximum absolute atomic E-state index is 12.6. The van der Waals surface area contributed by atoms with Gasteiger partial charge >= 0.3 is 0 Å². The molecule has 0 aliphatic carbocycles. The van der Waals surface area contributed by atoms with Crippen molar-refractivity contribution in [2.45, 2.75) is 13.0 Å². The molecule has 1 heterocycles. The average molecular weight is 372 g/mol. The zero-order valence-electron chi connectivity index (χ0n) is 15.8. The molecule has 1 saturated heterocycles. The zero-order chi connectivity index (χ0) is 19.2. The molecule has 4 heteroatoms. The molecule has 1 aliphatic heterocycles. The Morgan fingerprint density at radius 2 is 1.54 bits per heavy atom. The number of ether oxygens (including phenoxy) is 1. The third-order valence-electron chi connectivity index (χ3n) is 4.99. The van der Waals surface area contributed by atoms with Crippen LogP contribution in [0.1, 0.15) is 12.0 Å². The van der Waals surface area contributed by atoms with Crippen LogP contribution in [0.25, 0.3) is 0 Å². The number of carbonyl (C=O) groups excluding carboxylic acids is 1. The Morgan fingerprint density at radius 3 is 2.25 bits per heavy atom. The summed E-state index contributed by atoms with van der Waals surface area (Å²) in [5.74, 6) is 1.67. The third kappa shape index (κ3) is 4.78. The van der Waals surface area contributed by atoms with Crippen molar-refractivity contribution in [3.8, 4) is 11.5 Å². The summed E-state index contributed by atoms with van der Waals surface area (Å²) in [5, 5.41) is 3.04. The molecule has 4 rings (SSSR count). The van der Waals surface area contributed by atoms with E-state index < -0.39 is 0 Å². The Morgan fingerprint density at radius 1 is 0.893 bits per heavy atom. The number of nitrogens with one attached hydrogen (secondary N) is 1. The summed E-state index contributed by atoms with van der Waals surface area (Å²) in [4.78, 5) is 15.0. The van der Waals surface area contributed by atoms with E-state index in [1.807, 2.05) is 60.7 Å². The fraction of sp³-hybridized carbons (Fsp3) is 0.208. The number of benzene rings is 3. The monoisotopic (exact) mass is 372 g/mol. The van der Waals surface area contributed by atoms with Crippen LogP contribution in [0.15, 0.2) is 84.9 Å². The van der Waals surface area contributed by atoms with Gasteiger partial charge in [-0.15, -0.1) is 0 Å². The second-order valence-electron chi connectivity index (χ2n) is 7.14. The summed E-state index contributed by atoms with van der Waals surface area (Å²) in [6.45, 7) is 2.66. The first-order valence-electron chi connectivity index (χ1n) is 9.66. The van der Waals surface area contributed by atoms with Gasteiger partial charge in [-0.05, 0) is 54.9 Å². The van der Waals surface area contributed by atoms with Gasteiger partial charge in [-0.25, -0.2) is 0 Å². The summed E-state index contributed by atoms with van der Waals surface area (Å²) >= 11 is 0. The average Bonchev–Trinajstić information content (AvgIpc) is 3.20. The van der Waals surface area contributed by atoms with Crippen LogP contribution in [-0.4, -0.2) is 23.9 Å². The molecular weight excluding hydrogens is 348 g/mol. The highest BCUT2D eigenvalue weighted by Gasteiger charge is 2.28. The quantitative estimate of drug-likeness (QED) is 0.666. The molecule has 0 spiro atoms. The molecule has 1 amide bonds. The van der Waals surface area contributed by atoms with Crippen LogP contribution in [0.2, 0.25) is 0 Å². The van der Waals surface area contributed by atoms with E-state index in [0.29, 0.717) is 0 Å². The summed E-state index contributed by atoms with van der Waals surface area (Å²) in [6, 6.07) is 27.6. The molecule has 0 saturated carbocycles. The molecule has 3 aromatic rings. The van der Waals surface area contributed by atoms with Crippen molar-refractivity contribution in [2.24, 2.45) is 5.92 Å². The molecular formula is C24H24N2O2. The smallest absolute Gasteiger partial charge is 0.228 e. The highest BCUT2D eigenvalue weighted by atomic mass is 16.5. The maximum atomic E-state index is 12.6. The van der Waals surface area contributed by atoms with Gasteiger partial charge in [0.25, 0.3) is 0 Å². The molecule has 1 N–H and O–H groups in total. The number of hydrogen-bond donors (Lipinski definition) is 1. The van der Waals surface area contributed by atoms with E-state index in [9.17, 15) is 4.79 Å². The first-order valence-corrected chi connectivity index (χ1v) is 9.66. The second-order valence-corrected chi connectivity index (χ2v) is 7.14. The number of carbonyl (C=O) groups is 1. The minimum Gasteiger partial charge on any atom is -0.457 e. The number of nitrogens with zero attached hydrogens (tertiary/aromatic N) is 1. The van der Waals surface area contributed by atoms with Gasteiger partial charge in [-0.2, -0.15) is 0 Å². The van der Waals surface area contributed by atoms with E-state index in [2.05, 4.69) is 34.5 Å². The lowest BCUT2D eigenvalue weighted by Crippen LogP contribution is -2.26. The number of anilines is 1. The largest absolute Gasteiger partial charge is 0.457 e. The Kier molecular flexibility index (Phi) is 5.69. The van der Waals surface area contributed by atoms with Crippen LogP contribution in [-0.2, 0) is 11.3 Å². The van der Waals surface area contributed by atoms with Crippen molar-refractivity contribution in [2.75, 3.05) is 18.4 Å². The van der Waals surface area contributed by atoms with E-state index >= 15 is 0 Å². The molecule has 4 nitrogen and oxygen atoms in total. The van der Waals surface area contributed by atoms with Crippen LogP contribution in [0.3, 0.4) is 0 Å². The van der Waals surface area contributed by atoms with E-state index in [-0.39, 0.29) is 11.8 Å². The van der Waals surface area contributed by atoms with Crippen LogP contribution >= 0.6 is 0 Å².